The summed E-state index contributed by atoms with van der Waals surface area (Å²) in [6, 6.07) is 6.01. The third-order valence-electron chi connectivity index (χ3n) is 3.12. The maximum atomic E-state index is 11.5. The first-order valence-corrected chi connectivity index (χ1v) is 8.29. The van der Waals surface area contributed by atoms with Crippen LogP contribution in [-0.2, 0) is 21.1 Å². The smallest absolute Gasteiger partial charge is 0.359 e. The number of rotatable bonds is 5. The Balaban J connectivity index is 2.35. The molecule has 0 atom stereocenters. The van der Waals surface area contributed by atoms with Gasteiger partial charge in [0, 0.05) is 12.8 Å². The fraction of sp³-hybridized carbons (Fsp3) is 0.214. The van der Waals surface area contributed by atoms with E-state index in [9.17, 15) is 23.1 Å². The van der Waals surface area contributed by atoms with E-state index in [4.69, 9.17) is 0 Å². The number of methoxy groups -OCH3 is 1. The van der Waals surface area contributed by atoms with Crippen LogP contribution in [0, 0.1) is 0 Å². The highest BCUT2D eigenvalue weighted by molar-refractivity contribution is 7.90. The largest absolute Gasteiger partial charge is 0.476 e. The molecule has 1 N–H and O–H groups in total. The van der Waals surface area contributed by atoms with Crippen LogP contribution in [0.25, 0.3) is 0 Å². The third kappa shape index (κ3) is 3.57. The molecule has 9 heteroatoms. The Bertz CT molecular complexity index is 852. The van der Waals surface area contributed by atoms with Crippen molar-refractivity contribution in [2.24, 2.45) is 0 Å². The van der Waals surface area contributed by atoms with Crippen molar-refractivity contribution in [3.8, 4) is 0 Å². The first kappa shape index (κ1) is 16.7. The molecule has 0 amide bonds. The molecule has 0 aliphatic rings. The van der Waals surface area contributed by atoms with Crippen LogP contribution in [-0.4, -0.2) is 48.4 Å². The molecule has 1 heterocycles. The number of aromatic nitrogens is 2. The quantitative estimate of drug-likeness (QED) is 0.802. The predicted molar refractivity (Wildman–Crippen MR) is 79.2 cm³/mol. The van der Waals surface area contributed by atoms with Crippen molar-refractivity contribution < 1.29 is 27.9 Å². The highest BCUT2D eigenvalue weighted by Crippen LogP contribution is 2.15. The monoisotopic (exact) mass is 338 g/mol. The topological polar surface area (TPSA) is 116 Å². The minimum Gasteiger partial charge on any atom is -0.476 e. The number of aromatic carboxylic acids is 1. The molecule has 1 aromatic carbocycles. The van der Waals surface area contributed by atoms with Crippen LogP contribution in [0.1, 0.15) is 26.5 Å². The maximum Gasteiger partial charge on any atom is 0.359 e. The van der Waals surface area contributed by atoms with Crippen molar-refractivity contribution in [3.05, 3.63) is 47.5 Å². The Morgan fingerprint density at radius 2 is 1.87 bits per heavy atom. The molecule has 0 saturated carbocycles. The minimum atomic E-state index is -3.30. The van der Waals surface area contributed by atoms with E-state index in [0.29, 0.717) is 5.56 Å². The summed E-state index contributed by atoms with van der Waals surface area (Å²) in [5, 5.41) is 9.26. The second-order valence-corrected chi connectivity index (χ2v) is 6.80. The fourth-order valence-corrected chi connectivity index (χ4v) is 2.64. The molecule has 0 saturated heterocycles. The van der Waals surface area contributed by atoms with Crippen molar-refractivity contribution in [1.82, 2.24) is 9.55 Å². The number of sulfone groups is 1. The van der Waals surface area contributed by atoms with Crippen molar-refractivity contribution in [1.29, 1.82) is 0 Å². The first-order chi connectivity index (χ1) is 10.7. The summed E-state index contributed by atoms with van der Waals surface area (Å²) in [6.45, 7) is 0.121. The lowest BCUT2D eigenvalue weighted by molar-refractivity contribution is 0.0574. The second-order valence-electron chi connectivity index (χ2n) is 4.78. The van der Waals surface area contributed by atoms with Gasteiger partial charge >= 0.3 is 11.9 Å². The van der Waals surface area contributed by atoms with Crippen LogP contribution in [0.3, 0.4) is 0 Å². The molecule has 0 spiro atoms. The molecule has 0 fully saturated rings. The average Bonchev–Trinajstić information content (AvgIpc) is 2.90. The fourth-order valence-electron chi connectivity index (χ4n) is 2.01. The summed E-state index contributed by atoms with van der Waals surface area (Å²) in [5.74, 6) is -2.15. The number of esters is 1. The third-order valence-corrected chi connectivity index (χ3v) is 4.25. The molecule has 8 nitrogen and oxygen atoms in total. The number of nitrogens with zero attached hydrogens (tertiary/aromatic N) is 2. The van der Waals surface area contributed by atoms with Crippen LogP contribution in [0.2, 0.25) is 0 Å². The summed E-state index contributed by atoms with van der Waals surface area (Å²) in [7, 11) is -2.16. The van der Waals surface area contributed by atoms with E-state index >= 15 is 0 Å². The van der Waals surface area contributed by atoms with Gasteiger partial charge in [0.2, 0.25) is 0 Å². The van der Waals surface area contributed by atoms with E-state index in [1.165, 1.54) is 23.0 Å². The van der Waals surface area contributed by atoms with E-state index in [1.54, 1.807) is 12.1 Å². The van der Waals surface area contributed by atoms with Gasteiger partial charge in [-0.15, -0.1) is 0 Å². The van der Waals surface area contributed by atoms with Crippen LogP contribution >= 0.6 is 0 Å². The highest BCUT2D eigenvalue weighted by atomic mass is 32.2. The van der Waals surface area contributed by atoms with Gasteiger partial charge in [0.25, 0.3) is 0 Å². The Morgan fingerprint density at radius 1 is 1.26 bits per heavy atom. The molecular weight excluding hydrogens is 324 g/mol. The van der Waals surface area contributed by atoms with Crippen LogP contribution < -0.4 is 0 Å². The Kier molecular flexibility index (Phi) is 4.50. The van der Waals surface area contributed by atoms with E-state index in [1.807, 2.05) is 0 Å². The zero-order valence-electron chi connectivity index (χ0n) is 12.4. The zero-order valence-corrected chi connectivity index (χ0v) is 13.2. The molecule has 122 valence electrons. The molecule has 0 bridgehead atoms. The molecule has 0 unspecified atom stereocenters. The first-order valence-electron chi connectivity index (χ1n) is 6.39. The zero-order chi connectivity index (χ0) is 17.2. The van der Waals surface area contributed by atoms with Gasteiger partial charge in [-0.3, -0.25) is 0 Å². The van der Waals surface area contributed by atoms with Gasteiger partial charge in [-0.05, 0) is 17.7 Å². The van der Waals surface area contributed by atoms with Crippen LogP contribution in [0.5, 0.6) is 0 Å². The van der Waals surface area contributed by atoms with Gasteiger partial charge in [0.05, 0.1) is 18.3 Å². The van der Waals surface area contributed by atoms with Crippen molar-refractivity contribution >= 4 is 21.8 Å². The number of imidazole rings is 1. The number of ether oxygens (including phenoxy) is 1. The van der Waals surface area contributed by atoms with Crippen molar-refractivity contribution in [2.45, 2.75) is 11.4 Å². The second kappa shape index (κ2) is 6.21. The van der Waals surface area contributed by atoms with Gasteiger partial charge in [-0.2, -0.15) is 0 Å². The summed E-state index contributed by atoms with van der Waals surface area (Å²) >= 11 is 0. The number of hydrogen-bond acceptors (Lipinski definition) is 6. The molecule has 2 aromatic rings. The van der Waals surface area contributed by atoms with E-state index in [-0.39, 0.29) is 22.8 Å². The number of hydrogen-bond donors (Lipinski definition) is 1. The van der Waals surface area contributed by atoms with Gasteiger partial charge in [-0.25, -0.2) is 23.0 Å². The lowest BCUT2D eigenvalue weighted by Gasteiger charge is -2.07. The normalized spacial score (nSPS) is 11.2. The average molecular weight is 338 g/mol. The summed E-state index contributed by atoms with van der Waals surface area (Å²) in [4.78, 5) is 26.8. The lowest BCUT2D eigenvalue weighted by Crippen LogP contribution is -2.14. The number of carboxylic acids is 1. The molecule has 0 aliphatic carbocycles. The Labute approximate surface area is 132 Å². The summed E-state index contributed by atoms with van der Waals surface area (Å²) < 4.78 is 28.6. The highest BCUT2D eigenvalue weighted by Gasteiger charge is 2.24. The molecule has 2 rings (SSSR count). The predicted octanol–water partition coefficient (Wildman–Crippen LogP) is 0.820. The van der Waals surface area contributed by atoms with Crippen LogP contribution in [0.15, 0.2) is 35.5 Å². The van der Waals surface area contributed by atoms with Gasteiger partial charge in [0.1, 0.15) is 0 Å². The van der Waals surface area contributed by atoms with E-state index < -0.39 is 21.8 Å². The Hall–Kier alpha value is -2.68. The number of carbonyl (C=O) groups is 2. The molecule has 0 aliphatic heterocycles. The van der Waals surface area contributed by atoms with Gasteiger partial charge in [-0.1, -0.05) is 12.1 Å². The van der Waals surface area contributed by atoms with Crippen LogP contribution in [0.4, 0.5) is 0 Å². The van der Waals surface area contributed by atoms with E-state index in [0.717, 1.165) is 13.4 Å². The molecule has 1 aromatic heterocycles. The van der Waals surface area contributed by atoms with Crippen molar-refractivity contribution in [2.75, 3.05) is 13.4 Å². The summed E-state index contributed by atoms with van der Waals surface area (Å²) in [6.07, 6.45) is 2.32. The van der Waals surface area contributed by atoms with E-state index in [2.05, 4.69) is 9.72 Å². The van der Waals surface area contributed by atoms with Gasteiger partial charge in [0.15, 0.2) is 21.2 Å². The SMILES string of the molecule is COC(=O)c1ncn(Cc2ccc(S(C)(=O)=O)cc2)c1C(=O)O. The number of carboxylic acid groups (broad SMARTS) is 1. The number of carbonyl (C=O) groups excluding carboxylic acids is 1. The molecular formula is C14H14N2O6S. The standard InChI is InChI=1S/C14H14N2O6S/c1-22-14(19)11-12(13(17)18)16(8-15-11)7-9-3-5-10(6-4-9)23(2,20)21/h3-6,8H,7H2,1-2H3,(H,17,18). The molecule has 0 radical (unpaired) electrons. The van der Waals surface area contributed by atoms with Crippen molar-refractivity contribution in [3.63, 3.8) is 0 Å². The maximum absolute atomic E-state index is 11.5. The lowest BCUT2D eigenvalue weighted by atomic mass is 10.2. The number of benzene rings is 1. The molecule has 23 heavy (non-hydrogen) atoms. The Morgan fingerprint density at radius 3 is 2.35 bits per heavy atom. The van der Waals surface area contributed by atoms with Gasteiger partial charge < -0.3 is 14.4 Å². The minimum absolute atomic E-state index is 0.121. The summed E-state index contributed by atoms with van der Waals surface area (Å²) in [5.41, 5.74) is 0.0884.